The van der Waals surface area contributed by atoms with Gasteiger partial charge in [-0.05, 0) is 15.9 Å². The van der Waals surface area contributed by atoms with Crippen LogP contribution in [0, 0.1) is 0 Å². The van der Waals surface area contributed by atoms with Gasteiger partial charge in [-0.15, -0.1) is 0 Å². The van der Waals surface area contributed by atoms with E-state index in [4.69, 9.17) is 11.6 Å². The quantitative estimate of drug-likeness (QED) is 0.402. The summed E-state index contributed by atoms with van der Waals surface area (Å²) < 4.78 is -0.612. The van der Waals surface area contributed by atoms with Crippen LogP contribution >= 0.6 is 27.5 Å². The second-order valence-electron chi connectivity index (χ2n) is 1.76. The maximum Gasteiger partial charge on any atom is 0.326 e. The molecule has 1 N–H and O–H groups in total. The minimum Gasteiger partial charge on any atom is -0.289 e. The normalized spacial score (nSPS) is 21.2. The van der Waals surface area contributed by atoms with Gasteiger partial charge in [0.25, 0.3) is 0 Å². The Kier molecular flexibility index (Phi) is 2.15. The number of nitrogens with one attached hydrogen (secondary N) is 1. The van der Waals surface area contributed by atoms with Crippen molar-refractivity contribution in [1.82, 2.24) is 10.2 Å². The SMILES string of the molecule is O=C1CN(C(Cl)Br)C(=O)N1. The fourth-order valence-corrected chi connectivity index (χ4v) is 1.10. The van der Waals surface area contributed by atoms with Crippen LogP contribution < -0.4 is 5.32 Å². The van der Waals surface area contributed by atoms with Crippen molar-refractivity contribution in [2.75, 3.05) is 6.54 Å². The summed E-state index contributed by atoms with van der Waals surface area (Å²) in [6, 6.07) is -0.457. The van der Waals surface area contributed by atoms with E-state index < -0.39 is 10.4 Å². The third kappa shape index (κ3) is 1.41. The smallest absolute Gasteiger partial charge is 0.289 e. The van der Waals surface area contributed by atoms with Gasteiger partial charge in [0.2, 0.25) is 5.91 Å². The van der Waals surface area contributed by atoms with Crippen molar-refractivity contribution in [2.24, 2.45) is 0 Å². The first-order valence-corrected chi connectivity index (χ1v) is 3.85. The van der Waals surface area contributed by atoms with Crippen LogP contribution in [0.3, 0.4) is 0 Å². The second kappa shape index (κ2) is 2.75. The van der Waals surface area contributed by atoms with Crippen molar-refractivity contribution in [3.63, 3.8) is 0 Å². The van der Waals surface area contributed by atoms with Crippen LogP contribution in [-0.2, 0) is 4.79 Å². The van der Waals surface area contributed by atoms with E-state index in [1.807, 2.05) is 0 Å². The van der Waals surface area contributed by atoms with Crippen LogP contribution in [0.1, 0.15) is 0 Å². The van der Waals surface area contributed by atoms with Gasteiger partial charge in [0, 0.05) is 0 Å². The summed E-state index contributed by atoms with van der Waals surface area (Å²) in [5, 5.41) is 2.08. The van der Waals surface area contributed by atoms with Crippen molar-refractivity contribution in [3.05, 3.63) is 0 Å². The highest BCUT2D eigenvalue weighted by Gasteiger charge is 2.30. The lowest BCUT2D eigenvalue weighted by Crippen LogP contribution is -2.30. The summed E-state index contributed by atoms with van der Waals surface area (Å²) in [4.78, 5) is 22.4. The van der Waals surface area contributed by atoms with Crippen LogP contribution in [0.5, 0.6) is 0 Å². The molecule has 0 aromatic carbocycles. The van der Waals surface area contributed by atoms with Crippen molar-refractivity contribution in [2.45, 2.75) is 4.41 Å². The molecule has 1 aliphatic heterocycles. The molecule has 56 valence electrons. The fraction of sp³-hybridized carbons (Fsp3) is 0.500. The number of amides is 3. The lowest BCUT2D eigenvalue weighted by Gasteiger charge is -2.12. The Balaban J connectivity index is 2.63. The highest BCUT2D eigenvalue weighted by Crippen LogP contribution is 2.14. The summed E-state index contributed by atoms with van der Waals surface area (Å²) in [6.07, 6.45) is 0. The molecule has 0 bridgehead atoms. The maximum absolute atomic E-state index is 10.7. The molecule has 4 nitrogen and oxygen atoms in total. The Morgan fingerprint density at radius 3 is 2.50 bits per heavy atom. The van der Waals surface area contributed by atoms with Gasteiger partial charge in [0.1, 0.15) is 6.54 Å². The Bertz CT molecular complexity index is 184. The van der Waals surface area contributed by atoms with E-state index in [0.29, 0.717) is 0 Å². The first-order chi connectivity index (χ1) is 4.61. The van der Waals surface area contributed by atoms with E-state index in [-0.39, 0.29) is 12.5 Å². The molecule has 3 amide bonds. The molecule has 1 rings (SSSR count). The zero-order valence-corrected chi connectivity index (χ0v) is 7.15. The molecule has 0 spiro atoms. The van der Waals surface area contributed by atoms with Gasteiger partial charge in [0.05, 0.1) is 0 Å². The monoisotopic (exact) mass is 226 g/mol. The van der Waals surface area contributed by atoms with Gasteiger partial charge >= 0.3 is 6.03 Å². The summed E-state index contributed by atoms with van der Waals surface area (Å²) in [6.45, 7) is 0.0260. The molecule has 1 atom stereocenters. The number of imide groups is 1. The number of halogens is 2. The average molecular weight is 227 g/mol. The van der Waals surface area contributed by atoms with Crippen LogP contribution in [0.25, 0.3) is 0 Å². The topological polar surface area (TPSA) is 49.4 Å². The van der Waals surface area contributed by atoms with Crippen molar-refractivity contribution in [1.29, 1.82) is 0 Å². The van der Waals surface area contributed by atoms with E-state index in [1.54, 1.807) is 0 Å². The minimum atomic E-state index is -0.612. The fourth-order valence-electron chi connectivity index (χ4n) is 0.615. The number of urea groups is 1. The van der Waals surface area contributed by atoms with E-state index in [9.17, 15) is 9.59 Å². The Hall–Kier alpha value is -0.290. The largest absolute Gasteiger partial charge is 0.326 e. The standard InChI is InChI=1S/C4H4BrClN2O2/c5-3(6)8-1-2(9)7-4(8)10/h3H,1H2,(H,7,9,10). The van der Waals surface area contributed by atoms with E-state index in [1.165, 1.54) is 4.90 Å². The molecule has 1 saturated heterocycles. The molecule has 1 heterocycles. The highest BCUT2D eigenvalue weighted by molar-refractivity contribution is 9.10. The number of alkyl halides is 2. The van der Waals surface area contributed by atoms with Gasteiger partial charge in [-0.1, -0.05) is 11.6 Å². The van der Waals surface area contributed by atoms with Crippen molar-refractivity contribution in [3.8, 4) is 0 Å². The molecule has 0 aliphatic carbocycles. The zero-order chi connectivity index (χ0) is 7.72. The predicted octanol–water partition coefficient (Wildman–Crippen LogP) is 0.456. The third-order valence-electron chi connectivity index (χ3n) is 1.06. The van der Waals surface area contributed by atoms with Crippen molar-refractivity contribution < 1.29 is 9.59 Å². The molecule has 0 radical (unpaired) electrons. The second-order valence-corrected chi connectivity index (χ2v) is 3.57. The first-order valence-electron chi connectivity index (χ1n) is 2.50. The van der Waals surface area contributed by atoms with E-state index in [2.05, 4.69) is 21.2 Å². The number of hydrogen-bond donors (Lipinski definition) is 1. The Morgan fingerprint density at radius 1 is 1.70 bits per heavy atom. The van der Waals surface area contributed by atoms with E-state index >= 15 is 0 Å². The van der Waals surface area contributed by atoms with Gasteiger partial charge in [0.15, 0.2) is 4.41 Å². The average Bonchev–Trinajstić information content (AvgIpc) is 2.10. The highest BCUT2D eigenvalue weighted by atomic mass is 79.9. The zero-order valence-electron chi connectivity index (χ0n) is 4.80. The van der Waals surface area contributed by atoms with Gasteiger partial charge < -0.3 is 0 Å². The molecule has 6 heteroatoms. The number of carbonyl (C=O) groups excluding carboxylic acids is 2. The predicted molar refractivity (Wildman–Crippen MR) is 38.8 cm³/mol. The summed E-state index contributed by atoms with van der Waals surface area (Å²) >= 11 is 8.42. The summed E-state index contributed by atoms with van der Waals surface area (Å²) in [7, 11) is 0. The van der Waals surface area contributed by atoms with Gasteiger partial charge in [-0.25, -0.2) is 4.79 Å². The van der Waals surface area contributed by atoms with Crippen molar-refractivity contribution >= 4 is 39.5 Å². The molecule has 0 aromatic heterocycles. The molecule has 0 aromatic rings. The van der Waals surface area contributed by atoms with Crippen LogP contribution in [-0.4, -0.2) is 27.8 Å². The number of hydrogen-bond acceptors (Lipinski definition) is 2. The molecular formula is C4H4BrClN2O2. The summed E-state index contributed by atoms with van der Waals surface area (Å²) in [5.74, 6) is -0.324. The Morgan fingerprint density at radius 2 is 2.30 bits per heavy atom. The lowest BCUT2D eigenvalue weighted by molar-refractivity contribution is -0.118. The van der Waals surface area contributed by atoms with E-state index in [0.717, 1.165) is 0 Å². The number of carbonyl (C=O) groups is 2. The number of rotatable bonds is 1. The van der Waals surface area contributed by atoms with Crippen LogP contribution in [0.15, 0.2) is 0 Å². The molecule has 1 unspecified atom stereocenters. The third-order valence-corrected chi connectivity index (χ3v) is 1.79. The molecule has 0 saturated carbocycles. The van der Waals surface area contributed by atoms with Gasteiger partial charge in [-0.2, -0.15) is 0 Å². The molecule has 10 heavy (non-hydrogen) atoms. The summed E-state index contributed by atoms with van der Waals surface area (Å²) in [5.41, 5.74) is 0. The number of nitrogens with zero attached hydrogens (tertiary/aromatic N) is 1. The molecule has 1 aliphatic rings. The van der Waals surface area contributed by atoms with Crippen LogP contribution in [0.4, 0.5) is 4.79 Å². The minimum absolute atomic E-state index is 0.0260. The molecule has 1 fully saturated rings. The Labute approximate surface area is 70.6 Å². The lowest BCUT2D eigenvalue weighted by atomic mass is 10.6. The maximum atomic E-state index is 10.7. The van der Waals surface area contributed by atoms with Gasteiger partial charge in [-0.3, -0.25) is 15.0 Å². The first kappa shape index (κ1) is 7.81. The molecular weight excluding hydrogens is 223 g/mol. The van der Waals surface area contributed by atoms with Crippen LogP contribution in [0.2, 0.25) is 0 Å².